The lowest BCUT2D eigenvalue weighted by atomic mass is 10.0. The van der Waals surface area contributed by atoms with E-state index in [4.69, 9.17) is 9.47 Å². The molecule has 0 radical (unpaired) electrons. The smallest absolute Gasteiger partial charge is 0.270 e. The van der Waals surface area contributed by atoms with Crippen molar-refractivity contribution in [3.8, 4) is 22.6 Å². The number of rotatable bonds is 6. The van der Waals surface area contributed by atoms with Gasteiger partial charge in [-0.2, -0.15) is 0 Å². The molecule has 0 aliphatic carbocycles. The lowest BCUT2D eigenvalue weighted by Gasteiger charge is -2.33. The lowest BCUT2D eigenvalue weighted by molar-refractivity contribution is -0.384. The van der Waals surface area contributed by atoms with Gasteiger partial charge in [-0.3, -0.25) is 14.9 Å². The number of carbonyl (C=O) groups is 1. The van der Waals surface area contributed by atoms with Crippen LogP contribution in [0.25, 0.3) is 11.1 Å². The number of carbonyl (C=O) groups excluding carboxylic acids is 1. The first-order valence-electron chi connectivity index (χ1n) is 9.34. The minimum atomic E-state index is -0.447. The van der Waals surface area contributed by atoms with Crippen LogP contribution in [0.2, 0.25) is 0 Å². The summed E-state index contributed by atoms with van der Waals surface area (Å²) in [5.41, 5.74) is 1.28. The Balaban J connectivity index is 1.83. The highest BCUT2D eigenvalue weighted by molar-refractivity contribution is 5.79. The van der Waals surface area contributed by atoms with E-state index < -0.39 is 4.92 Å². The first kappa shape index (κ1) is 19.7. The number of piperidine rings is 1. The Morgan fingerprint density at radius 3 is 2.61 bits per heavy atom. The van der Waals surface area contributed by atoms with Gasteiger partial charge in [0.25, 0.3) is 11.6 Å². The topological polar surface area (TPSA) is 81.9 Å². The van der Waals surface area contributed by atoms with Crippen molar-refractivity contribution in [1.82, 2.24) is 4.90 Å². The Morgan fingerprint density at radius 2 is 1.96 bits per heavy atom. The number of methoxy groups -OCH3 is 1. The highest BCUT2D eigenvalue weighted by Gasteiger charge is 2.24. The minimum Gasteiger partial charge on any atom is -0.497 e. The zero-order valence-corrected chi connectivity index (χ0v) is 16.1. The van der Waals surface area contributed by atoms with E-state index in [1.807, 2.05) is 11.8 Å². The van der Waals surface area contributed by atoms with E-state index in [-0.39, 0.29) is 24.2 Å². The average Bonchev–Trinajstić information content (AvgIpc) is 2.72. The summed E-state index contributed by atoms with van der Waals surface area (Å²) in [6.45, 7) is 2.70. The fraction of sp³-hybridized carbons (Fsp3) is 0.381. The second-order valence-electron chi connectivity index (χ2n) is 6.89. The van der Waals surface area contributed by atoms with Gasteiger partial charge in [0.15, 0.2) is 6.61 Å². The van der Waals surface area contributed by atoms with Crippen molar-refractivity contribution >= 4 is 11.6 Å². The summed E-state index contributed by atoms with van der Waals surface area (Å²) in [6, 6.07) is 11.8. The van der Waals surface area contributed by atoms with Crippen LogP contribution in [0.15, 0.2) is 42.5 Å². The van der Waals surface area contributed by atoms with Crippen LogP contribution in [0, 0.1) is 10.1 Å². The van der Waals surface area contributed by atoms with Gasteiger partial charge >= 0.3 is 0 Å². The van der Waals surface area contributed by atoms with Crippen molar-refractivity contribution in [2.75, 3.05) is 20.3 Å². The third-order valence-electron chi connectivity index (χ3n) is 5.05. The maximum atomic E-state index is 12.6. The number of amides is 1. The van der Waals surface area contributed by atoms with Crippen molar-refractivity contribution in [2.24, 2.45) is 0 Å². The third kappa shape index (κ3) is 4.42. The average molecular weight is 384 g/mol. The SMILES string of the molecule is COc1ccc(-c2cc([N+](=O)[O-])ccc2OCC(=O)N2CCCC[C@@H]2C)cc1. The normalized spacial score (nSPS) is 16.5. The Hall–Kier alpha value is -3.09. The van der Waals surface area contributed by atoms with Crippen LogP contribution in [-0.4, -0.2) is 42.0 Å². The van der Waals surface area contributed by atoms with Crippen molar-refractivity contribution < 1.29 is 19.2 Å². The number of ether oxygens (including phenoxy) is 2. The number of hydrogen-bond donors (Lipinski definition) is 0. The Bertz CT molecular complexity index is 850. The fourth-order valence-electron chi connectivity index (χ4n) is 3.44. The quantitative estimate of drug-likeness (QED) is 0.554. The van der Waals surface area contributed by atoms with Gasteiger partial charge in [-0.25, -0.2) is 0 Å². The first-order chi connectivity index (χ1) is 13.5. The van der Waals surface area contributed by atoms with Crippen LogP contribution in [0.1, 0.15) is 26.2 Å². The zero-order valence-electron chi connectivity index (χ0n) is 16.1. The van der Waals surface area contributed by atoms with Gasteiger partial charge in [-0.1, -0.05) is 12.1 Å². The molecule has 7 nitrogen and oxygen atoms in total. The predicted octanol–water partition coefficient (Wildman–Crippen LogP) is 4.05. The molecule has 0 N–H and O–H groups in total. The van der Waals surface area contributed by atoms with E-state index in [2.05, 4.69) is 0 Å². The van der Waals surface area contributed by atoms with Gasteiger partial charge in [0.2, 0.25) is 0 Å². The molecule has 2 aromatic carbocycles. The van der Waals surface area contributed by atoms with E-state index in [1.165, 1.54) is 12.1 Å². The van der Waals surface area contributed by atoms with Crippen LogP contribution >= 0.6 is 0 Å². The molecule has 0 bridgehead atoms. The Morgan fingerprint density at radius 1 is 1.21 bits per heavy atom. The molecule has 1 aliphatic rings. The molecule has 28 heavy (non-hydrogen) atoms. The Labute approximate surface area is 164 Å². The monoisotopic (exact) mass is 384 g/mol. The molecular formula is C21H24N2O5. The molecule has 1 atom stereocenters. The standard InChI is InChI=1S/C21H24N2O5/c1-15-5-3-4-12-22(15)21(24)14-28-20-11-8-17(23(25)26)13-19(20)16-6-9-18(27-2)10-7-16/h6-11,13,15H,3-5,12,14H2,1-2H3/t15-/m0/s1. The molecule has 7 heteroatoms. The van der Waals surface area contributed by atoms with Gasteiger partial charge in [-0.05, 0) is 49.9 Å². The summed E-state index contributed by atoms with van der Waals surface area (Å²) in [5, 5.41) is 11.2. The molecule has 1 heterocycles. The number of nitro groups is 1. The molecule has 0 aromatic heterocycles. The number of likely N-dealkylation sites (tertiary alicyclic amines) is 1. The molecule has 0 unspecified atom stereocenters. The second-order valence-corrected chi connectivity index (χ2v) is 6.89. The fourth-order valence-corrected chi connectivity index (χ4v) is 3.44. The largest absolute Gasteiger partial charge is 0.497 e. The van der Waals surface area contributed by atoms with E-state index in [9.17, 15) is 14.9 Å². The molecule has 3 rings (SSSR count). The highest BCUT2D eigenvalue weighted by atomic mass is 16.6. The molecule has 1 fully saturated rings. The number of nitro benzene ring substituents is 1. The van der Waals surface area contributed by atoms with E-state index in [0.29, 0.717) is 17.1 Å². The predicted molar refractivity (Wildman–Crippen MR) is 106 cm³/mol. The Kier molecular flexibility index (Phi) is 6.13. The van der Waals surface area contributed by atoms with Crippen LogP contribution < -0.4 is 9.47 Å². The number of benzene rings is 2. The second kappa shape index (κ2) is 8.73. The summed E-state index contributed by atoms with van der Waals surface area (Å²) in [5.74, 6) is 1.06. The number of non-ortho nitro benzene ring substituents is 1. The van der Waals surface area contributed by atoms with Gasteiger partial charge in [-0.15, -0.1) is 0 Å². The molecular weight excluding hydrogens is 360 g/mol. The molecule has 0 saturated carbocycles. The first-order valence-corrected chi connectivity index (χ1v) is 9.34. The molecule has 2 aromatic rings. The molecule has 0 spiro atoms. The molecule has 1 aliphatic heterocycles. The molecule has 1 saturated heterocycles. The maximum Gasteiger partial charge on any atom is 0.270 e. The van der Waals surface area contributed by atoms with Gasteiger partial charge in [0, 0.05) is 30.3 Å². The third-order valence-corrected chi connectivity index (χ3v) is 5.05. The van der Waals surface area contributed by atoms with Crippen molar-refractivity contribution in [3.05, 3.63) is 52.6 Å². The summed E-state index contributed by atoms with van der Waals surface area (Å²) in [6.07, 6.45) is 3.14. The van der Waals surface area contributed by atoms with Crippen LogP contribution in [0.5, 0.6) is 11.5 Å². The minimum absolute atomic E-state index is 0.0332. The van der Waals surface area contributed by atoms with E-state index in [0.717, 1.165) is 31.4 Å². The summed E-state index contributed by atoms with van der Waals surface area (Å²) >= 11 is 0. The lowest BCUT2D eigenvalue weighted by Crippen LogP contribution is -2.44. The van der Waals surface area contributed by atoms with Gasteiger partial charge < -0.3 is 14.4 Å². The molecule has 148 valence electrons. The van der Waals surface area contributed by atoms with E-state index in [1.54, 1.807) is 37.4 Å². The van der Waals surface area contributed by atoms with Crippen molar-refractivity contribution in [1.29, 1.82) is 0 Å². The summed E-state index contributed by atoms with van der Waals surface area (Å²) in [7, 11) is 1.57. The maximum absolute atomic E-state index is 12.6. The van der Waals surface area contributed by atoms with Gasteiger partial charge in [0.05, 0.1) is 12.0 Å². The molecule has 1 amide bonds. The van der Waals surface area contributed by atoms with Crippen LogP contribution in [-0.2, 0) is 4.79 Å². The zero-order chi connectivity index (χ0) is 20.1. The highest BCUT2D eigenvalue weighted by Crippen LogP contribution is 2.34. The van der Waals surface area contributed by atoms with Crippen molar-refractivity contribution in [3.63, 3.8) is 0 Å². The summed E-state index contributed by atoms with van der Waals surface area (Å²) < 4.78 is 11.0. The summed E-state index contributed by atoms with van der Waals surface area (Å²) in [4.78, 5) is 25.2. The number of nitrogens with zero attached hydrogens (tertiary/aromatic N) is 2. The van der Waals surface area contributed by atoms with Crippen LogP contribution in [0.3, 0.4) is 0 Å². The van der Waals surface area contributed by atoms with Gasteiger partial charge in [0.1, 0.15) is 11.5 Å². The van der Waals surface area contributed by atoms with Crippen LogP contribution in [0.4, 0.5) is 5.69 Å². The number of hydrogen-bond acceptors (Lipinski definition) is 5. The van der Waals surface area contributed by atoms with E-state index >= 15 is 0 Å². The van der Waals surface area contributed by atoms with Crippen molar-refractivity contribution in [2.45, 2.75) is 32.2 Å².